The molecule has 0 saturated carbocycles. The second-order valence-corrected chi connectivity index (χ2v) is 6.13. The number of hydrogen-bond donors (Lipinski definition) is 2. The van der Waals surface area contributed by atoms with Crippen molar-refractivity contribution in [1.82, 2.24) is 4.57 Å². The SMILES string of the molecule is Cn1c(N)c(C(=O)Nc2cccc(Cl)c2Cl)sc1=S. The first kappa shape index (κ1) is 14.3. The van der Waals surface area contributed by atoms with Crippen LogP contribution in [-0.2, 0) is 7.05 Å². The number of nitrogens with one attached hydrogen (secondary N) is 1. The summed E-state index contributed by atoms with van der Waals surface area (Å²) in [5, 5.41) is 3.32. The van der Waals surface area contributed by atoms with Gasteiger partial charge >= 0.3 is 0 Å². The van der Waals surface area contributed by atoms with Crippen LogP contribution < -0.4 is 11.1 Å². The van der Waals surface area contributed by atoms with Crippen LogP contribution in [0.1, 0.15) is 9.67 Å². The molecule has 0 fully saturated rings. The van der Waals surface area contributed by atoms with Crippen molar-refractivity contribution in [3.8, 4) is 0 Å². The Morgan fingerprint density at radius 2 is 2.16 bits per heavy atom. The predicted molar refractivity (Wildman–Crippen MR) is 83.0 cm³/mol. The third-order valence-corrected chi connectivity index (χ3v) is 4.85. The number of nitrogen functional groups attached to an aromatic ring is 1. The summed E-state index contributed by atoms with van der Waals surface area (Å²) in [6.07, 6.45) is 0. The number of nitrogens with two attached hydrogens (primary N) is 1. The van der Waals surface area contributed by atoms with Crippen LogP contribution in [0, 0.1) is 3.95 Å². The lowest BCUT2D eigenvalue weighted by atomic mass is 10.3. The minimum absolute atomic E-state index is 0.288. The monoisotopic (exact) mass is 333 g/mol. The van der Waals surface area contributed by atoms with E-state index in [1.165, 1.54) is 0 Å². The molecule has 2 aromatic rings. The topological polar surface area (TPSA) is 60.0 Å². The van der Waals surface area contributed by atoms with E-state index in [1.54, 1.807) is 29.8 Å². The average Bonchev–Trinajstić information content (AvgIpc) is 2.63. The van der Waals surface area contributed by atoms with Crippen LogP contribution in [0.4, 0.5) is 11.5 Å². The number of aromatic nitrogens is 1. The van der Waals surface area contributed by atoms with Gasteiger partial charge in [-0.25, -0.2) is 0 Å². The Balaban J connectivity index is 2.34. The summed E-state index contributed by atoms with van der Waals surface area (Å²) in [6.45, 7) is 0. The summed E-state index contributed by atoms with van der Waals surface area (Å²) < 4.78 is 2.11. The van der Waals surface area contributed by atoms with Crippen LogP contribution in [0.25, 0.3) is 0 Å². The Labute approximate surface area is 128 Å². The Morgan fingerprint density at radius 3 is 2.74 bits per heavy atom. The smallest absolute Gasteiger partial charge is 0.269 e. The van der Waals surface area contributed by atoms with Gasteiger partial charge in [-0.1, -0.05) is 40.6 Å². The lowest BCUT2D eigenvalue weighted by molar-refractivity contribution is 0.103. The molecule has 1 heterocycles. The number of carbonyl (C=O) groups is 1. The van der Waals surface area contributed by atoms with Crippen molar-refractivity contribution < 1.29 is 4.79 Å². The molecule has 0 aliphatic carbocycles. The molecule has 2 rings (SSSR count). The van der Waals surface area contributed by atoms with Crippen LogP contribution in [0.3, 0.4) is 0 Å². The van der Waals surface area contributed by atoms with Gasteiger partial charge in [-0.05, 0) is 24.4 Å². The van der Waals surface area contributed by atoms with E-state index < -0.39 is 0 Å². The summed E-state index contributed by atoms with van der Waals surface area (Å²) >= 11 is 18.1. The van der Waals surface area contributed by atoms with Crippen molar-refractivity contribution in [2.45, 2.75) is 0 Å². The quantitative estimate of drug-likeness (QED) is 0.818. The van der Waals surface area contributed by atoms with Crippen molar-refractivity contribution >= 4 is 64.2 Å². The molecule has 0 unspecified atom stereocenters. The molecule has 19 heavy (non-hydrogen) atoms. The lowest BCUT2D eigenvalue weighted by Crippen LogP contribution is -2.13. The maximum absolute atomic E-state index is 12.1. The molecule has 1 aromatic carbocycles. The predicted octanol–water partition coefficient (Wildman–Crippen LogP) is 3.96. The van der Waals surface area contributed by atoms with Gasteiger partial charge in [-0.15, -0.1) is 0 Å². The number of thiazole rings is 1. The van der Waals surface area contributed by atoms with Gasteiger partial charge in [0.25, 0.3) is 5.91 Å². The molecule has 0 aliphatic rings. The average molecular weight is 334 g/mol. The summed E-state index contributed by atoms with van der Waals surface area (Å²) in [5.41, 5.74) is 6.24. The number of anilines is 2. The lowest BCUT2D eigenvalue weighted by Gasteiger charge is -2.07. The maximum Gasteiger partial charge on any atom is 0.269 e. The van der Waals surface area contributed by atoms with Crippen LogP contribution in [0.15, 0.2) is 18.2 Å². The summed E-state index contributed by atoms with van der Waals surface area (Å²) in [4.78, 5) is 12.5. The molecular weight excluding hydrogens is 325 g/mol. The molecule has 0 saturated heterocycles. The zero-order chi connectivity index (χ0) is 14.2. The van der Waals surface area contributed by atoms with Crippen LogP contribution in [0.5, 0.6) is 0 Å². The summed E-state index contributed by atoms with van der Waals surface area (Å²) in [7, 11) is 1.71. The Morgan fingerprint density at radius 1 is 1.47 bits per heavy atom. The van der Waals surface area contributed by atoms with Gasteiger partial charge in [0.05, 0.1) is 15.7 Å². The first-order chi connectivity index (χ1) is 8.91. The third kappa shape index (κ3) is 2.76. The second kappa shape index (κ2) is 5.50. The summed E-state index contributed by atoms with van der Waals surface area (Å²) in [6, 6.07) is 4.99. The first-order valence-corrected chi connectivity index (χ1v) is 7.10. The van der Waals surface area contributed by atoms with Crippen LogP contribution in [0.2, 0.25) is 10.0 Å². The number of amides is 1. The highest BCUT2D eigenvalue weighted by Gasteiger charge is 2.17. The molecule has 1 amide bonds. The Kier molecular flexibility index (Phi) is 4.15. The molecule has 0 bridgehead atoms. The fourth-order valence-electron chi connectivity index (χ4n) is 1.40. The van der Waals surface area contributed by atoms with E-state index in [-0.39, 0.29) is 10.9 Å². The van der Waals surface area contributed by atoms with Crippen molar-refractivity contribution in [3.63, 3.8) is 0 Å². The molecule has 100 valence electrons. The number of carbonyl (C=O) groups excluding carboxylic acids is 1. The van der Waals surface area contributed by atoms with E-state index >= 15 is 0 Å². The number of rotatable bonds is 2. The standard InChI is InChI=1S/C11H9Cl2N3OS2/c1-16-9(14)8(19-11(16)18)10(17)15-6-4-2-3-5(12)7(6)13/h2-4H,14H2,1H3,(H,15,17). The molecular formula is C11H9Cl2N3OS2. The van der Waals surface area contributed by atoms with Gasteiger partial charge in [0.1, 0.15) is 10.7 Å². The summed E-state index contributed by atoms with van der Waals surface area (Å²) in [5.74, 6) is -0.0379. The minimum atomic E-state index is -0.363. The van der Waals surface area contributed by atoms with E-state index in [1.807, 2.05) is 0 Å². The van der Waals surface area contributed by atoms with Crippen molar-refractivity contribution in [2.75, 3.05) is 11.1 Å². The van der Waals surface area contributed by atoms with E-state index in [0.717, 1.165) is 11.3 Å². The molecule has 0 spiro atoms. The number of benzene rings is 1. The first-order valence-electron chi connectivity index (χ1n) is 5.12. The highest BCUT2D eigenvalue weighted by molar-refractivity contribution is 7.73. The fraction of sp³-hybridized carbons (Fsp3) is 0.0909. The molecule has 0 radical (unpaired) electrons. The van der Waals surface area contributed by atoms with E-state index in [9.17, 15) is 4.79 Å². The van der Waals surface area contributed by atoms with Crippen LogP contribution in [-0.4, -0.2) is 10.5 Å². The fourth-order valence-corrected chi connectivity index (χ4v) is 2.89. The second-order valence-electron chi connectivity index (χ2n) is 3.70. The zero-order valence-corrected chi connectivity index (χ0v) is 12.9. The molecule has 8 heteroatoms. The number of nitrogens with zero attached hydrogens (tertiary/aromatic N) is 1. The Bertz CT molecular complexity index is 708. The highest BCUT2D eigenvalue weighted by Crippen LogP contribution is 2.30. The zero-order valence-electron chi connectivity index (χ0n) is 9.74. The van der Waals surface area contributed by atoms with Gasteiger partial charge in [0, 0.05) is 7.05 Å². The largest absolute Gasteiger partial charge is 0.384 e. The highest BCUT2D eigenvalue weighted by atomic mass is 35.5. The van der Waals surface area contributed by atoms with Gasteiger partial charge in [-0.2, -0.15) is 0 Å². The molecule has 4 nitrogen and oxygen atoms in total. The van der Waals surface area contributed by atoms with Gasteiger partial charge in [0.15, 0.2) is 3.95 Å². The van der Waals surface area contributed by atoms with Gasteiger partial charge in [-0.3, -0.25) is 4.79 Å². The van der Waals surface area contributed by atoms with Crippen molar-refractivity contribution in [1.29, 1.82) is 0 Å². The van der Waals surface area contributed by atoms with E-state index in [2.05, 4.69) is 5.32 Å². The molecule has 0 aliphatic heterocycles. The maximum atomic E-state index is 12.1. The van der Waals surface area contributed by atoms with Gasteiger partial charge < -0.3 is 15.6 Å². The van der Waals surface area contributed by atoms with Crippen molar-refractivity contribution in [3.05, 3.63) is 37.1 Å². The molecule has 0 atom stereocenters. The number of hydrogen-bond acceptors (Lipinski definition) is 4. The number of halogens is 2. The molecule has 1 aromatic heterocycles. The Hall–Kier alpha value is -1.08. The van der Waals surface area contributed by atoms with Crippen LogP contribution >= 0.6 is 46.8 Å². The van der Waals surface area contributed by atoms with Gasteiger partial charge in [0.2, 0.25) is 0 Å². The molecule has 3 N–H and O–H groups in total. The van der Waals surface area contributed by atoms with E-state index in [0.29, 0.717) is 25.4 Å². The third-order valence-electron chi connectivity index (χ3n) is 2.46. The van der Waals surface area contributed by atoms with E-state index in [4.69, 9.17) is 41.2 Å². The normalized spacial score (nSPS) is 10.5. The minimum Gasteiger partial charge on any atom is -0.384 e. The van der Waals surface area contributed by atoms with Crippen molar-refractivity contribution in [2.24, 2.45) is 7.05 Å².